The maximum Gasteiger partial charge on any atom is 0.397 e. The average Bonchev–Trinajstić information content (AvgIpc) is 3.09. The van der Waals surface area contributed by atoms with Crippen LogP contribution in [0.5, 0.6) is 0 Å². The van der Waals surface area contributed by atoms with Crippen molar-refractivity contribution >= 4 is 16.4 Å². The van der Waals surface area contributed by atoms with Gasteiger partial charge in [-0.3, -0.25) is 9.35 Å². The van der Waals surface area contributed by atoms with E-state index in [-0.39, 0.29) is 19.6 Å². The summed E-state index contributed by atoms with van der Waals surface area (Å²) in [5, 5.41) is 30.5. The molecule has 0 aromatic heterocycles. The Balaban J connectivity index is 2.54. The number of hydrogen-bond acceptors (Lipinski definition) is 11. The molecule has 1 aliphatic rings. The molecule has 298 valence electrons. The third-order valence-corrected chi connectivity index (χ3v) is 8.99. The van der Waals surface area contributed by atoms with E-state index in [0.29, 0.717) is 13.0 Å². The Morgan fingerprint density at radius 3 is 1.96 bits per heavy atom. The summed E-state index contributed by atoms with van der Waals surface area (Å²) in [6, 6.07) is 0. The third kappa shape index (κ3) is 25.1. The van der Waals surface area contributed by atoms with E-state index in [1.54, 1.807) is 0 Å². The number of carbonyl (C=O) groups is 1. The predicted molar refractivity (Wildman–Crippen MR) is 197 cm³/mol. The minimum Gasteiger partial charge on any atom is -0.457 e. The number of carbonyl (C=O) groups excluding carboxylic acids is 1. The lowest BCUT2D eigenvalue weighted by atomic mass is 9.99. The molecule has 1 saturated heterocycles. The van der Waals surface area contributed by atoms with Crippen molar-refractivity contribution in [3.63, 3.8) is 0 Å². The Morgan fingerprint density at radius 2 is 1.35 bits per heavy atom. The monoisotopic (exact) mass is 748 g/mol. The Morgan fingerprint density at radius 1 is 0.765 bits per heavy atom. The molecule has 1 heterocycles. The van der Waals surface area contributed by atoms with Gasteiger partial charge in [-0.2, -0.15) is 8.42 Å². The SMILES string of the molecule is CC/C=C\C/C=C\C/C=C\CCCCCC(=O)OC(COCCCCCCCCCCCCC)COC1OC(CO)C(O)C(OS(=O)(=O)O)C1O. The van der Waals surface area contributed by atoms with Gasteiger partial charge in [0.2, 0.25) is 0 Å². The average molecular weight is 749 g/mol. The molecular formula is C38H68O12S. The lowest BCUT2D eigenvalue weighted by Crippen LogP contribution is -2.60. The van der Waals surface area contributed by atoms with Crippen LogP contribution in [0, 0.1) is 0 Å². The smallest absolute Gasteiger partial charge is 0.397 e. The molecule has 0 bridgehead atoms. The zero-order valence-corrected chi connectivity index (χ0v) is 32.0. The second-order valence-electron chi connectivity index (χ2n) is 13.1. The maximum absolute atomic E-state index is 12.7. The van der Waals surface area contributed by atoms with Gasteiger partial charge in [0.25, 0.3) is 0 Å². The van der Waals surface area contributed by atoms with E-state index >= 15 is 0 Å². The highest BCUT2D eigenvalue weighted by molar-refractivity contribution is 7.80. The van der Waals surface area contributed by atoms with Gasteiger partial charge in [0.05, 0.1) is 19.8 Å². The predicted octanol–water partition coefficient (Wildman–Crippen LogP) is 6.68. The molecule has 0 radical (unpaired) electrons. The highest BCUT2D eigenvalue weighted by Gasteiger charge is 2.48. The van der Waals surface area contributed by atoms with E-state index in [1.807, 2.05) is 0 Å². The maximum atomic E-state index is 12.7. The van der Waals surface area contributed by atoms with Crippen molar-refractivity contribution in [3.8, 4) is 0 Å². The molecule has 0 aromatic rings. The van der Waals surface area contributed by atoms with Crippen LogP contribution in [0.4, 0.5) is 0 Å². The quantitative estimate of drug-likeness (QED) is 0.0249. The molecule has 51 heavy (non-hydrogen) atoms. The molecule has 1 fully saturated rings. The van der Waals surface area contributed by atoms with Gasteiger partial charge in [-0.1, -0.05) is 121 Å². The fourth-order valence-corrected chi connectivity index (χ4v) is 6.13. The van der Waals surface area contributed by atoms with Crippen LogP contribution in [0.1, 0.15) is 136 Å². The molecule has 0 aliphatic carbocycles. The zero-order chi connectivity index (χ0) is 37.6. The van der Waals surface area contributed by atoms with Crippen molar-refractivity contribution in [1.82, 2.24) is 0 Å². The first-order chi connectivity index (χ1) is 24.6. The molecule has 6 atom stereocenters. The van der Waals surface area contributed by atoms with Crippen LogP contribution < -0.4 is 0 Å². The van der Waals surface area contributed by atoms with Gasteiger partial charge in [-0.15, -0.1) is 0 Å². The van der Waals surface area contributed by atoms with Crippen LogP contribution in [0.3, 0.4) is 0 Å². The summed E-state index contributed by atoms with van der Waals surface area (Å²) in [5.41, 5.74) is 0. The lowest BCUT2D eigenvalue weighted by molar-refractivity contribution is -0.301. The normalized spacial score (nSPS) is 22.0. The molecular weight excluding hydrogens is 680 g/mol. The molecule has 0 aromatic carbocycles. The van der Waals surface area contributed by atoms with Gasteiger partial charge in [0.15, 0.2) is 6.29 Å². The molecule has 1 rings (SSSR count). The fraction of sp³-hybridized carbons (Fsp3) is 0.816. The number of allylic oxidation sites excluding steroid dienone is 6. The van der Waals surface area contributed by atoms with Crippen molar-refractivity contribution in [3.05, 3.63) is 36.5 Å². The number of ether oxygens (including phenoxy) is 4. The van der Waals surface area contributed by atoms with Crippen LogP contribution >= 0.6 is 0 Å². The topological polar surface area (TPSA) is 178 Å². The Labute approximate surface area is 307 Å². The molecule has 0 spiro atoms. The number of aliphatic hydroxyl groups excluding tert-OH is 3. The van der Waals surface area contributed by atoms with Gasteiger partial charge in [0, 0.05) is 13.0 Å². The highest BCUT2D eigenvalue weighted by atomic mass is 32.3. The summed E-state index contributed by atoms with van der Waals surface area (Å²) in [5.74, 6) is -0.430. The molecule has 13 heteroatoms. The Bertz CT molecular complexity index is 1050. The van der Waals surface area contributed by atoms with E-state index < -0.39 is 59.8 Å². The molecule has 0 amide bonds. The standard InChI is InChI=1S/C38H68O12S/c1-3-5-7-9-11-13-15-16-17-19-21-23-25-27-34(40)48-32(30-46-28-26-24-22-20-18-14-12-10-8-6-4-2)31-47-38-36(42)37(50-51(43,44)45)35(41)33(29-39)49-38/h5,7,11,13,16-17,32-33,35-39,41-42H,3-4,6,8-10,12,14-15,18-31H2,1-2H3,(H,43,44,45)/b7-5-,13-11-,17-16-. The number of esters is 1. The Kier molecular flexibility index (Phi) is 28.5. The summed E-state index contributed by atoms with van der Waals surface area (Å²) < 4.78 is 58.7. The highest BCUT2D eigenvalue weighted by Crippen LogP contribution is 2.26. The van der Waals surface area contributed by atoms with Gasteiger partial charge in [0.1, 0.15) is 30.5 Å². The minimum absolute atomic E-state index is 0.0252. The lowest BCUT2D eigenvalue weighted by Gasteiger charge is -2.41. The van der Waals surface area contributed by atoms with Crippen molar-refractivity contribution < 1.29 is 56.2 Å². The molecule has 0 saturated carbocycles. The minimum atomic E-state index is -5.06. The van der Waals surface area contributed by atoms with E-state index in [2.05, 4.69) is 54.5 Å². The number of rotatable bonds is 32. The molecule has 6 unspecified atom stereocenters. The fourth-order valence-electron chi connectivity index (χ4n) is 5.63. The molecule has 4 N–H and O–H groups in total. The van der Waals surface area contributed by atoms with E-state index in [4.69, 9.17) is 23.5 Å². The zero-order valence-electron chi connectivity index (χ0n) is 31.2. The second kappa shape index (κ2) is 30.7. The second-order valence-corrected chi connectivity index (χ2v) is 14.2. The third-order valence-electron chi connectivity index (χ3n) is 8.53. The summed E-state index contributed by atoms with van der Waals surface area (Å²) in [4.78, 5) is 12.7. The summed E-state index contributed by atoms with van der Waals surface area (Å²) >= 11 is 0. The largest absolute Gasteiger partial charge is 0.457 e. The van der Waals surface area contributed by atoms with Gasteiger partial charge < -0.3 is 34.3 Å². The number of hydrogen-bond donors (Lipinski definition) is 4. The number of aliphatic hydroxyl groups is 3. The number of unbranched alkanes of at least 4 members (excludes halogenated alkanes) is 13. The van der Waals surface area contributed by atoms with E-state index in [0.717, 1.165) is 57.8 Å². The van der Waals surface area contributed by atoms with Crippen molar-refractivity contribution in [2.75, 3.05) is 26.4 Å². The summed E-state index contributed by atoms with van der Waals surface area (Å²) in [7, 11) is -5.06. The van der Waals surface area contributed by atoms with Crippen LogP contribution in [0.25, 0.3) is 0 Å². The van der Waals surface area contributed by atoms with Gasteiger partial charge in [-0.25, -0.2) is 4.18 Å². The van der Waals surface area contributed by atoms with Crippen molar-refractivity contribution in [2.45, 2.75) is 173 Å². The van der Waals surface area contributed by atoms with Crippen molar-refractivity contribution in [2.24, 2.45) is 0 Å². The van der Waals surface area contributed by atoms with Crippen LogP contribution in [-0.4, -0.2) is 97.5 Å². The van der Waals surface area contributed by atoms with Crippen molar-refractivity contribution in [1.29, 1.82) is 0 Å². The van der Waals surface area contributed by atoms with Crippen LogP contribution in [0.2, 0.25) is 0 Å². The van der Waals surface area contributed by atoms with E-state index in [9.17, 15) is 28.5 Å². The molecule has 12 nitrogen and oxygen atoms in total. The van der Waals surface area contributed by atoms with E-state index in [1.165, 1.54) is 51.4 Å². The van der Waals surface area contributed by atoms with Crippen LogP contribution in [0.15, 0.2) is 36.5 Å². The first-order valence-electron chi connectivity index (χ1n) is 19.2. The summed E-state index contributed by atoms with van der Waals surface area (Å²) in [6.45, 7) is 3.80. The van der Waals surface area contributed by atoms with Gasteiger partial charge in [-0.05, 0) is 44.9 Å². The van der Waals surface area contributed by atoms with Crippen LogP contribution in [-0.2, 0) is 38.3 Å². The first kappa shape index (κ1) is 47.3. The first-order valence-corrected chi connectivity index (χ1v) is 20.6. The van der Waals surface area contributed by atoms with Gasteiger partial charge >= 0.3 is 16.4 Å². The molecule has 1 aliphatic heterocycles. The summed E-state index contributed by atoms with van der Waals surface area (Å²) in [6.07, 6.45) is 23.3. The Hall–Kier alpha value is -1.68.